The molecule has 0 aromatic rings. The van der Waals surface area contributed by atoms with Crippen molar-refractivity contribution >= 4 is 17.9 Å². The van der Waals surface area contributed by atoms with E-state index in [4.69, 9.17) is 15.3 Å². The molecule has 10 atom stereocenters. The van der Waals surface area contributed by atoms with Crippen molar-refractivity contribution in [1.82, 2.24) is 0 Å². The van der Waals surface area contributed by atoms with E-state index in [-0.39, 0.29) is 19.3 Å². The fourth-order valence-corrected chi connectivity index (χ4v) is 7.90. The van der Waals surface area contributed by atoms with Crippen molar-refractivity contribution in [1.29, 1.82) is 0 Å². The van der Waals surface area contributed by atoms with Gasteiger partial charge in [0.2, 0.25) is 0 Å². The molecule has 0 amide bonds. The topological polar surface area (TPSA) is 294 Å². The fraction of sp³-hybridized carbons (Fsp3) is 0.850. The summed E-state index contributed by atoms with van der Waals surface area (Å²) >= 11 is 0. The first-order valence-corrected chi connectivity index (χ1v) is 29.0. The first-order valence-electron chi connectivity index (χ1n) is 29.0. The Hall–Kier alpha value is -2.73. The Balaban J connectivity index is -0.00000104. The number of unbranched alkanes of at least 4 members (excludes halogenated alkanes) is 18. The number of aliphatic hydroxyl groups excluding tert-OH is 6. The molecule has 0 spiro atoms. The number of carboxylic acids is 3. The Morgan fingerprint density at radius 2 is 0.693 bits per heavy atom. The molecule has 0 aromatic heterocycles. The Kier molecular flexibility index (Phi) is 46.1. The minimum Gasteiger partial charge on any atom is -0.481 e. The van der Waals surface area contributed by atoms with Crippen LogP contribution >= 0.6 is 0 Å². The summed E-state index contributed by atoms with van der Waals surface area (Å²) in [7, 11) is 0. The second-order valence-electron chi connectivity index (χ2n) is 22.8. The summed E-state index contributed by atoms with van der Waals surface area (Å²) < 4.78 is 0. The molecular formula is C60H114O15. The SMILES string of the molecule is CCCCCCCCCC(O)C(O)/C=C/C(C)(O)CCC(C)(C)C(=O)O.CCCCCCCCCC(O)C(O)/C=C/C(C)(O)CCC(C)C(=O)O.CCCCCCCCCC(O)C(O)/C=C/C(C)(O)CCCC(=O)O. The van der Waals surface area contributed by atoms with Gasteiger partial charge in [-0.15, -0.1) is 0 Å². The quantitative estimate of drug-likeness (QED) is 0.0199. The third kappa shape index (κ3) is 48.2. The fourth-order valence-electron chi connectivity index (χ4n) is 7.90. The van der Waals surface area contributed by atoms with Crippen molar-refractivity contribution < 1.29 is 75.7 Å². The predicted molar refractivity (Wildman–Crippen MR) is 301 cm³/mol. The van der Waals surface area contributed by atoms with Crippen molar-refractivity contribution in [3.05, 3.63) is 36.5 Å². The van der Waals surface area contributed by atoms with Gasteiger partial charge < -0.3 is 61.3 Å². The van der Waals surface area contributed by atoms with Crippen LogP contribution in [0.15, 0.2) is 36.5 Å². The van der Waals surface area contributed by atoms with Crippen LogP contribution in [0.1, 0.15) is 261 Å². The van der Waals surface area contributed by atoms with Crippen molar-refractivity contribution in [2.75, 3.05) is 0 Å². The molecule has 0 saturated heterocycles. The van der Waals surface area contributed by atoms with Gasteiger partial charge in [-0.25, -0.2) is 0 Å². The standard InChI is InChI=1S/C21H40O5.C20H38O5.C19H36O5/c1-5-6-7-8-9-10-11-12-17(22)18(23)13-14-21(4,26)16-15-20(2,3)19(24)25;1-4-5-6-7-8-9-10-11-17(21)18(22)13-15-20(3,25)14-12-16(2)19(23)24;1-3-4-5-6-7-8-9-11-16(20)17(21)13-15-19(2,24)14-10-12-18(22)23/h13-14,17-18,22-23,26H,5-12,15-16H2,1-4H3,(H,24,25);13,15-18,21-22,25H,4-12,14H2,1-3H3,(H,23,24);13,15-17,20-21,24H,3-12,14H2,1-2H3,(H,22,23)/b14-13+;2*15-13+. The third-order valence-corrected chi connectivity index (χ3v) is 13.9. The highest BCUT2D eigenvalue weighted by atomic mass is 16.4. The van der Waals surface area contributed by atoms with Crippen LogP contribution in [0.4, 0.5) is 0 Å². The second-order valence-corrected chi connectivity index (χ2v) is 22.8. The average molecular weight is 1080 g/mol. The molecule has 0 fully saturated rings. The van der Waals surface area contributed by atoms with Crippen LogP contribution in [0.5, 0.6) is 0 Å². The third-order valence-electron chi connectivity index (χ3n) is 13.9. The molecule has 0 aliphatic heterocycles. The lowest BCUT2D eigenvalue weighted by Crippen LogP contribution is -2.30. The van der Waals surface area contributed by atoms with Gasteiger partial charge in [-0.3, -0.25) is 14.4 Å². The Morgan fingerprint density at radius 1 is 0.400 bits per heavy atom. The summed E-state index contributed by atoms with van der Waals surface area (Å²) in [4.78, 5) is 32.4. The number of hydrogen-bond acceptors (Lipinski definition) is 12. The van der Waals surface area contributed by atoms with Gasteiger partial charge in [-0.1, -0.05) is 199 Å². The molecule has 444 valence electrons. The van der Waals surface area contributed by atoms with Crippen LogP contribution in [-0.2, 0) is 14.4 Å². The van der Waals surface area contributed by atoms with E-state index >= 15 is 0 Å². The largest absolute Gasteiger partial charge is 0.481 e. The van der Waals surface area contributed by atoms with E-state index in [1.165, 1.54) is 114 Å². The van der Waals surface area contributed by atoms with E-state index in [9.17, 15) is 60.3 Å². The molecule has 0 aliphatic carbocycles. The molecule has 0 heterocycles. The molecule has 75 heavy (non-hydrogen) atoms. The van der Waals surface area contributed by atoms with Gasteiger partial charge in [0.1, 0.15) is 0 Å². The van der Waals surface area contributed by atoms with Crippen molar-refractivity contribution in [3.8, 4) is 0 Å². The number of carbonyl (C=O) groups is 3. The van der Waals surface area contributed by atoms with Crippen LogP contribution in [0.2, 0.25) is 0 Å². The van der Waals surface area contributed by atoms with E-state index in [0.29, 0.717) is 44.9 Å². The molecule has 10 unspecified atom stereocenters. The molecule has 12 N–H and O–H groups in total. The number of aliphatic carboxylic acids is 3. The Bertz CT molecular complexity index is 1490. The smallest absolute Gasteiger partial charge is 0.309 e. The molecule has 15 nitrogen and oxygen atoms in total. The zero-order valence-corrected chi connectivity index (χ0v) is 48.5. The molecule has 0 aromatic carbocycles. The number of rotatable bonds is 45. The highest BCUT2D eigenvalue weighted by Gasteiger charge is 2.30. The first kappa shape index (κ1) is 76.5. The van der Waals surface area contributed by atoms with Gasteiger partial charge in [0.05, 0.1) is 64.8 Å². The van der Waals surface area contributed by atoms with Crippen LogP contribution in [0.3, 0.4) is 0 Å². The highest BCUT2D eigenvalue weighted by molar-refractivity contribution is 5.73. The Labute approximate surface area is 454 Å². The van der Waals surface area contributed by atoms with Gasteiger partial charge in [0, 0.05) is 6.42 Å². The lowest BCUT2D eigenvalue weighted by molar-refractivity contribution is -0.147. The van der Waals surface area contributed by atoms with Gasteiger partial charge in [0.25, 0.3) is 0 Å². The summed E-state index contributed by atoms with van der Waals surface area (Å²) in [5, 5.41) is 117. The summed E-state index contributed by atoms with van der Waals surface area (Å²) in [5.41, 5.74) is -4.49. The van der Waals surface area contributed by atoms with Gasteiger partial charge in [0.15, 0.2) is 0 Å². The lowest BCUT2D eigenvalue weighted by atomic mass is 9.83. The first-order chi connectivity index (χ1) is 35.0. The van der Waals surface area contributed by atoms with Gasteiger partial charge in [-0.05, 0) is 92.4 Å². The number of hydrogen-bond donors (Lipinski definition) is 12. The Morgan fingerprint density at radius 3 is 0.987 bits per heavy atom. The number of aliphatic hydroxyl groups is 9. The summed E-state index contributed by atoms with van der Waals surface area (Å²) in [6.07, 6.45) is 30.9. The zero-order valence-electron chi connectivity index (χ0n) is 48.5. The molecule has 0 radical (unpaired) electrons. The molecular weight excluding hydrogens is 961 g/mol. The summed E-state index contributed by atoms with van der Waals surface area (Å²) in [5.74, 6) is -3.19. The maximum atomic E-state index is 11.1. The summed E-state index contributed by atoms with van der Waals surface area (Å²) in [6.45, 7) is 16.1. The molecule has 0 bridgehead atoms. The van der Waals surface area contributed by atoms with Crippen LogP contribution < -0.4 is 0 Å². The second kappa shape index (κ2) is 45.2. The maximum Gasteiger partial charge on any atom is 0.309 e. The van der Waals surface area contributed by atoms with E-state index in [1.54, 1.807) is 41.5 Å². The minimum atomic E-state index is -1.22. The van der Waals surface area contributed by atoms with Crippen LogP contribution in [0.25, 0.3) is 0 Å². The van der Waals surface area contributed by atoms with Crippen molar-refractivity contribution in [2.24, 2.45) is 11.3 Å². The van der Waals surface area contributed by atoms with Crippen molar-refractivity contribution in [3.63, 3.8) is 0 Å². The summed E-state index contributed by atoms with van der Waals surface area (Å²) in [6, 6.07) is 0. The van der Waals surface area contributed by atoms with Gasteiger partial charge in [-0.2, -0.15) is 0 Å². The monoisotopic (exact) mass is 1070 g/mol. The van der Waals surface area contributed by atoms with E-state index < -0.39 is 82.7 Å². The number of carboxylic acid groups (broad SMARTS) is 3. The molecule has 0 rings (SSSR count). The van der Waals surface area contributed by atoms with E-state index in [1.807, 2.05) is 0 Å². The zero-order chi connectivity index (χ0) is 57.9. The minimum absolute atomic E-state index is 0.00737. The van der Waals surface area contributed by atoms with Crippen LogP contribution in [0, 0.1) is 11.3 Å². The van der Waals surface area contributed by atoms with E-state index in [0.717, 1.165) is 57.8 Å². The predicted octanol–water partition coefficient (Wildman–Crippen LogP) is 11.1. The molecule has 0 saturated carbocycles. The average Bonchev–Trinajstić information content (AvgIpc) is 3.34. The normalized spacial score (nSPS) is 17.4. The maximum absolute atomic E-state index is 11.1. The van der Waals surface area contributed by atoms with Crippen LogP contribution in [-0.4, -0.2) is 133 Å². The lowest BCUT2D eigenvalue weighted by Gasteiger charge is -2.25. The van der Waals surface area contributed by atoms with Crippen molar-refractivity contribution in [2.45, 2.75) is 315 Å². The highest BCUT2D eigenvalue weighted by Crippen LogP contribution is 2.28. The molecule has 15 heteroatoms. The molecule has 0 aliphatic rings. The van der Waals surface area contributed by atoms with Gasteiger partial charge >= 0.3 is 17.9 Å². The van der Waals surface area contributed by atoms with E-state index in [2.05, 4.69) is 20.8 Å².